The lowest BCUT2D eigenvalue weighted by Gasteiger charge is -2.13. The minimum atomic E-state index is -4.48. The summed E-state index contributed by atoms with van der Waals surface area (Å²) in [7, 11) is 0. The van der Waals surface area contributed by atoms with Crippen molar-refractivity contribution in [3.63, 3.8) is 0 Å². The van der Waals surface area contributed by atoms with Crippen LogP contribution in [-0.2, 0) is 4.79 Å². The number of nitrogens with one attached hydrogen (secondary N) is 1. The monoisotopic (exact) mass is 299 g/mol. The van der Waals surface area contributed by atoms with Gasteiger partial charge in [-0.05, 0) is 25.1 Å². The fourth-order valence-electron chi connectivity index (χ4n) is 1.14. The summed E-state index contributed by atoms with van der Waals surface area (Å²) in [5, 5.41) is 0.862. The fourth-order valence-corrected chi connectivity index (χ4v) is 2.06. The van der Waals surface area contributed by atoms with E-state index in [1.54, 1.807) is 5.32 Å². The van der Waals surface area contributed by atoms with E-state index in [0.29, 0.717) is 0 Å². The number of halogens is 5. The molecule has 1 aromatic carbocycles. The van der Waals surface area contributed by atoms with E-state index in [1.165, 1.54) is 13.0 Å². The number of carbonyl (C=O) groups is 1. The van der Waals surface area contributed by atoms with E-state index in [4.69, 9.17) is 0 Å². The lowest BCUT2D eigenvalue weighted by molar-refractivity contribution is -0.137. The Morgan fingerprint density at radius 3 is 2.47 bits per heavy atom. The predicted molar refractivity (Wildman–Crippen MR) is 60.7 cm³/mol. The molecule has 2 nitrogen and oxygen atoms in total. The third-order valence-electron chi connectivity index (χ3n) is 2.04. The molecule has 1 atom stereocenters. The van der Waals surface area contributed by atoms with Gasteiger partial charge in [-0.2, -0.15) is 13.2 Å². The summed E-state index contributed by atoms with van der Waals surface area (Å²) in [6.07, 6.45) is -4.48. The van der Waals surface area contributed by atoms with Crippen LogP contribution in [0.4, 0.5) is 22.0 Å². The van der Waals surface area contributed by atoms with Crippen LogP contribution in [0.1, 0.15) is 6.92 Å². The Balaban J connectivity index is 2.56. The van der Waals surface area contributed by atoms with Crippen LogP contribution in [0, 0.1) is 11.6 Å². The molecule has 0 bridgehead atoms. The van der Waals surface area contributed by atoms with Gasteiger partial charge >= 0.3 is 6.18 Å². The summed E-state index contributed by atoms with van der Waals surface area (Å²) in [6.45, 7) is -0.0495. The van der Waals surface area contributed by atoms with Crippen LogP contribution in [0.15, 0.2) is 23.1 Å². The molecule has 0 aliphatic carbocycles. The average molecular weight is 299 g/mol. The third kappa shape index (κ3) is 5.46. The Bertz CT molecular complexity index is 463. The molecule has 0 heterocycles. The normalized spacial score (nSPS) is 13.2. The fraction of sp³-hybridized carbons (Fsp3) is 0.364. The van der Waals surface area contributed by atoms with E-state index < -0.39 is 35.5 Å². The maximum absolute atomic E-state index is 12.9. The van der Waals surface area contributed by atoms with Crippen molar-refractivity contribution < 1.29 is 26.7 Å². The number of thioether (sulfide) groups is 1. The molecule has 1 unspecified atom stereocenters. The molecule has 1 aromatic rings. The SMILES string of the molecule is CC(Sc1ccc(F)c(F)c1)C(=O)NCC(F)(F)F. The van der Waals surface area contributed by atoms with Crippen molar-refractivity contribution in [1.82, 2.24) is 5.32 Å². The van der Waals surface area contributed by atoms with Crippen LogP contribution >= 0.6 is 11.8 Å². The Morgan fingerprint density at radius 2 is 1.95 bits per heavy atom. The highest BCUT2D eigenvalue weighted by Crippen LogP contribution is 2.25. The standard InChI is InChI=1S/C11H10F5NOS/c1-6(10(18)17-5-11(14,15)16)19-7-2-3-8(12)9(13)4-7/h2-4,6H,5H2,1H3,(H,17,18). The van der Waals surface area contributed by atoms with Crippen LogP contribution in [0.25, 0.3) is 0 Å². The van der Waals surface area contributed by atoms with Gasteiger partial charge in [0.25, 0.3) is 0 Å². The zero-order valence-corrected chi connectivity index (χ0v) is 10.5. The first-order valence-corrected chi connectivity index (χ1v) is 6.03. The van der Waals surface area contributed by atoms with Gasteiger partial charge in [0.05, 0.1) is 5.25 Å². The van der Waals surface area contributed by atoms with Gasteiger partial charge in [-0.1, -0.05) is 0 Å². The lowest BCUT2D eigenvalue weighted by Crippen LogP contribution is -2.37. The van der Waals surface area contributed by atoms with Crippen LogP contribution in [-0.4, -0.2) is 23.9 Å². The topological polar surface area (TPSA) is 29.1 Å². The van der Waals surface area contributed by atoms with Crippen molar-refractivity contribution in [1.29, 1.82) is 0 Å². The first kappa shape index (κ1) is 15.7. The molecule has 1 rings (SSSR count). The second-order valence-corrected chi connectivity index (χ2v) is 5.08. The quantitative estimate of drug-likeness (QED) is 0.683. The van der Waals surface area contributed by atoms with Crippen molar-refractivity contribution in [3.05, 3.63) is 29.8 Å². The summed E-state index contributed by atoms with van der Waals surface area (Å²) in [5.74, 6) is -2.93. The molecule has 0 spiro atoms. The number of carbonyl (C=O) groups excluding carboxylic acids is 1. The molecule has 1 N–H and O–H groups in total. The van der Waals surface area contributed by atoms with Gasteiger partial charge in [0.15, 0.2) is 11.6 Å². The van der Waals surface area contributed by atoms with Crippen molar-refractivity contribution in [2.45, 2.75) is 23.2 Å². The maximum atomic E-state index is 12.9. The van der Waals surface area contributed by atoms with Crippen molar-refractivity contribution in [2.24, 2.45) is 0 Å². The molecule has 0 radical (unpaired) electrons. The van der Waals surface area contributed by atoms with Crippen LogP contribution < -0.4 is 5.32 Å². The molecule has 0 aromatic heterocycles. The van der Waals surface area contributed by atoms with Crippen molar-refractivity contribution in [3.8, 4) is 0 Å². The van der Waals surface area contributed by atoms with E-state index in [2.05, 4.69) is 0 Å². The number of amides is 1. The first-order valence-electron chi connectivity index (χ1n) is 5.15. The summed E-state index contributed by atoms with van der Waals surface area (Å²) in [5.41, 5.74) is 0. The molecule has 19 heavy (non-hydrogen) atoms. The predicted octanol–water partition coefficient (Wildman–Crippen LogP) is 3.12. The van der Waals surface area contributed by atoms with E-state index in [9.17, 15) is 26.7 Å². The number of benzene rings is 1. The van der Waals surface area contributed by atoms with Gasteiger partial charge in [-0.15, -0.1) is 11.8 Å². The van der Waals surface area contributed by atoms with Gasteiger partial charge in [0.2, 0.25) is 5.91 Å². The Labute approximate surface area is 110 Å². The number of hydrogen-bond donors (Lipinski definition) is 1. The zero-order valence-electron chi connectivity index (χ0n) is 9.72. The minimum absolute atomic E-state index is 0.258. The Morgan fingerprint density at radius 1 is 1.32 bits per heavy atom. The highest BCUT2D eigenvalue weighted by Gasteiger charge is 2.28. The van der Waals surface area contributed by atoms with E-state index in [0.717, 1.165) is 23.9 Å². The highest BCUT2D eigenvalue weighted by atomic mass is 32.2. The molecular weight excluding hydrogens is 289 g/mol. The largest absolute Gasteiger partial charge is 0.405 e. The second-order valence-electron chi connectivity index (χ2n) is 3.67. The molecular formula is C11H10F5NOS. The average Bonchev–Trinajstić information content (AvgIpc) is 2.29. The Hall–Kier alpha value is -1.31. The Kier molecular flexibility index (Phi) is 5.16. The molecule has 106 valence electrons. The number of rotatable bonds is 4. The van der Waals surface area contributed by atoms with E-state index in [-0.39, 0.29) is 4.90 Å². The summed E-state index contributed by atoms with van der Waals surface area (Å²) >= 11 is 0.839. The van der Waals surface area contributed by atoms with E-state index >= 15 is 0 Å². The van der Waals surface area contributed by atoms with Gasteiger partial charge < -0.3 is 5.32 Å². The second kappa shape index (κ2) is 6.23. The third-order valence-corrected chi connectivity index (χ3v) is 3.13. The summed E-state index contributed by atoms with van der Waals surface area (Å²) < 4.78 is 61.2. The lowest BCUT2D eigenvalue weighted by atomic mass is 10.3. The first-order chi connectivity index (χ1) is 8.69. The molecule has 1 amide bonds. The van der Waals surface area contributed by atoms with Gasteiger partial charge in [-0.25, -0.2) is 8.78 Å². The number of hydrogen-bond acceptors (Lipinski definition) is 2. The molecule has 0 aliphatic heterocycles. The number of alkyl halides is 3. The van der Waals surface area contributed by atoms with Gasteiger partial charge in [-0.3, -0.25) is 4.79 Å². The zero-order chi connectivity index (χ0) is 14.6. The summed E-state index contributed by atoms with van der Waals surface area (Å²) in [6, 6.07) is 3.02. The molecule has 0 saturated heterocycles. The van der Waals surface area contributed by atoms with Crippen LogP contribution in [0.2, 0.25) is 0 Å². The molecule has 0 saturated carbocycles. The van der Waals surface area contributed by atoms with E-state index in [1.807, 2.05) is 0 Å². The minimum Gasteiger partial charge on any atom is -0.346 e. The molecule has 0 aliphatic rings. The van der Waals surface area contributed by atoms with Crippen LogP contribution in [0.3, 0.4) is 0 Å². The van der Waals surface area contributed by atoms with Crippen molar-refractivity contribution in [2.75, 3.05) is 6.54 Å². The molecule has 8 heteroatoms. The van der Waals surface area contributed by atoms with Crippen molar-refractivity contribution >= 4 is 17.7 Å². The highest BCUT2D eigenvalue weighted by molar-refractivity contribution is 8.00. The maximum Gasteiger partial charge on any atom is 0.405 e. The van der Waals surface area contributed by atoms with Gasteiger partial charge in [0.1, 0.15) is 6.54 Å². The summed E-state index contributed by atoms with van der Waals surface area (Å²) in [4.78, 5) is 11.6. The van der Waals surface area contributed by atoms with Gasteiger partial charge in [0, 0.05) is 4.90 Å². The van der Waals surface area contributed by atoms with Crippen LogP contribution in [0.5, 0.6) is 0 Å². The smallest absolute Gasteiger partial charge is 0.346 e. The molecule has 0 fully saturated rings.